The molecule has 0 aromatic heterocycles. The third-order valence-electron chi connectivity index (χ3n) is 4.80. The lowest BCUT2D eigenvalue weighted by atomic mass is 10.0. The molecule has 0 saturated carbocycles. The zero-order chi connectivity index (χ0) is 19.4. The van der Waals surface area contributed by atoms with Gasteiger partial charge in [-0.15, -0.1) is 0 Å². The summed E-state index contributed by atoms with van der Waals surface area (Å²) in [6.45, 7) is 0.472. The van der Waals surface area contributed by atoms with Gasteiger partial charge < -0.3 is 10.0 Å². The van der Waals surface area contributed by atoms with Crippen molar-refractivity contribution in [3.8, 4) is 11.8 Å². The van der Waals surface area contributed by atoms with Crippen LogP contribution in [0.4, 0.5) is 0 Å². The summed E-state index contributed by atoms with van der Waals surface area (Å²) in [4.78, 5) is 37.8. The molecule has 2 aliphatic heterocycles. The van der Waals surface area contributed by atoms with Gasteiger partial charge in [-0.2, -0.15) is 0 Å². The van der Waals surface area contributed by atoms with Crippen molar-refractivity contribution >= 4 is 29.3 Å². The summed E-state index contributed by atoms with van der Waals surface area (Å²) in [6, 6.07) is 2.69. The zero-order valence-corrected chi connectivity index (χ0v) is 15.6. The molecule has 1 fully saturated rings. The van der Waals surface area contributed by atoms with Crippen molar-refractivity contribution in [1.29, 1.82) is 0 Å². The molecule has 1 aromatic rings. The molecule has 2 N–H and O–H groups in total. The molecule has 142 valence electrons. The van der Waals surface area contributed by atoms with E-state index in [1.54, 1.807) is 12.1 Å². The second-order valence-corrected chi connectivity index (χ2v) is 7.15. The Hall–Kier alpha value is -2.36. The van der Waals surface area contributed by atoms with Gasteiger partial charge >= 0.3 is 0 Å². The molecule has 27 heavy (non-hydrogen) atoms. The molecule has 1 atom stereocenters. The van der Waals surface area contributed by atoms with Crippen LogP contribution in [0.2, 0.25) is 5.02 Å². The predicted molar refractivity (Wildman–Crippen MR) is 99.9 cm³/mol. The quantitative estimate of drug-likeness (QED) is 0.459. The van der Waals surface area contributed by atoms with E-state index in [1.807, 2.05) is 0 Å². The zero-order valence-electron chi connectivity index (χ0n) is 14.9. The van der Waals surface area contributed by atoms with Crippen LogP contribution >= 0.6 is 11.6 Å². The molecule has 2 aliphatic rings. The van der Waals surface area contributed by atoms with E-state index in [-0.39, 0.29) is 31.4 Å². The van der Waals surface area contributed by atoms with Crippen molar-refractivity contribution in [2.24, 2.45) is 0 Å². The number of aliphatic hydroxyl groups is 1. The Morgan fingerprint density at radius 2 is 2.04 bits per heavy atom. The van der Waals surface area contributed by atoms with Crippen molar-refractivity contribution in [2.75, 3.05) is 6.61 Å². The van der Waals surface area contributed by atoms with Gasteiger partial charge in [0.2, 0.25) is 11.8 Å². The highest BCUT2D eigenvalue weighted by atomic mass is 35.5. The number of hydrogen-bond acceptors (Lipinski definition) is 4. The maximum absolute atomic E-state index is 12.8. The monoisotopic (exact) mass is 388 g/mol. The molecule has 3 amide bonds. The Kier molecular flexibility index (Phi) is 6.15. The Bertz CT molecular complexity index is 840. The van der Waals surface area contributed by atoms with Crippen molar-refractivity contribution < 1.29 is 19.5 Å². The molecule has 2 heterocycles. The lowest BCUT2D eigenvalue weighted by Crippen LogP contribution is -2.52. The Balaban J connectivity index is 1.78. The van der Waals surface area contributed by atoms with Gasteiger partial charge in [-0.3, -0.25) is 19.7 Å². The number of carbonyl (C=O) groups excluding carboxylic acids is 3. The van der Waals surface area contributed by atoms with Crippen LogP contribution in [0.25, 0.3) is 0 Å². The van der Waals surface area contributed by atoms with Crippen LogP contribution in [0, 0.1) is 11.8 Å². The summed E-state index contributed by atoms with van der Waals surface area (Å²) in [6.07, 6.45) is 3.83. The van der Waals surface area contributed by atoms with Crippen molar-refractivity contribution in [3.05, 3.63) is 33.8 Å². The summed E-state index contributed by atoms with van der Waals surface area (Å²) in [5.74, 6) is 5.19. The normalized spacial score (nSPS) is 18.8. The fourth-order valence-electron chi connectivity index (χ4n) is 3.40. The number of hydrogen-bond donors (Lipinski definition) is 2. The lowest BCUT2D eigenvalue weighted by molar-refractivity contribution is -0.136. The SMILES string of the molecule is O=C1CCC(N2Cc3c(C#CCCCCCO)cc(Cl)cc3C2=O)C(=O)N1. The minimum atomic E-state index is -0.652. The smallest absolute Gasteiger partial charge is 0.255 e. The number of carbonyl (C=O) groups is 3. The maximum Gasteiger partial charge on any atom is 0.255 e. The van der Waals surface area contributed by atoms with Crippen LogP contribution in [0.5, 0.6) is 0 Å². The Morgan fingerprint density at radius 3 is 2.78 bits per heavy atom. The van der Waals surface area contributed by atoms with E-state index in [2.05, 4.69) is 17.2 Å². The van der Waals surface area contributed by atoms with Gasteiger partial charge in [0.25, 0.3) is 5.91 Å². The van der Waals surface area contributed by atoms with Crippen LogP contribution in [-0.4, -0.2) is 40.4 Å². The van der Waals surface area contributed by atoms with Crippen LogP contribution < -0.4 is 5.32 Å². The number of amides is 3. The molecule has 1 aromatic carbocycles. The van der Waals surface area contributed by atoms with Gasteiger partial charge in [-0.1, -0.05) is 29.9 Å². The molecule has 6 nitrogen and oxygen atoms in total. The molecular formula is C20H21ClN2O4. The van der Waals surface area contributed by atoms with E-state index in [0.29, 0.717) is 29.0 Å². The number of rotatable bonds is 5. The van der Waals surface area contributed by atoms with Crippen molar-refractivity contribution in [3.63, 3.8) is 0 Å². The second kappa shape index (κ2) is 8.55. The van der Waals surface area contributed by atoms with E-state index in [4.69, 9.17) is 16.7 Å². The van der Waals surface area contributed by atoms with Gasteiger partial charge in [-0.05, 0) is 37.0 Å². The molecule has 1 unspecified atom stereocenters. The average molecular weight is 389 g/mol. The van der Waals surface area contributed by atoms with Crippen molar-refractivity contribution in [2.45, 2.75) is 51.1 Å². The number of piperidine rings is 1. The largest absolute Gasteiger partial charge is 0.396 e. The van der Waals surface area contributed by atoms with Gasteiger partial charge in [0.05, 0.1) is 0 Å². The number of imide groups is 1. The summed E-state index contributed by atoms with van der Waals surface area (Å²) in [7, 11) is 0. The third kappa shape index (κ3) is 4.32. The highest BCUT2D eigenvalue weighted by Crippen LogP contribution is 2.32. The van der Waals surface area contributed by atoms with Crippen molar-refractivity contribution in [1.82, 2.24) is 10.2 Å². The van der Waals surface area contributed by atoms with Crippen LogP contribution in [0.15, 0.2) is 12.1 Å². The fraction of sp³-hybridized carbons (Fsp3) is 0.450. The number of unbranched alkanes of at least 4 members (excludes halogenated alkanes) is 3. The first-order chi connectivity index (χ1) is 13.0. The molecule has 0 bridgehead atoms. The average Bonchev–Trinajstić information content (AvgIpc) is 2.95. The fourth-order valence-corrected chi connectivity index (χ4v) is 3.62. The van der Waals surface area contributed by atoms with Gasteiger partial charge in [0, 0.05) is 42.1 Å². The summed E-state index contributed by atoms with van der Waals surface area (Å²) in [5, 5.41) is 11.5. The third-order valence-corrected chi connectivity index (χ3v) is 5.02. The summed E-state index contributed by atoms with van der Waals surface area (Å²) < 4.78 is 0. The molecule has 0 aliphatic carbocycles. The number of fused-ring (bicyclic) bond motifs is 1. The highest BCUT2D eigenvalue weighted by Gasteiger charge is 2.39. The molecule has 0 radical (unpaired) electrons. The van der Waals surface area contributed by atoms with Gasteiger partial charge in [0.15, 0.2) is 0 Å². The van der Waals surface area contributed by atoms with E-state index in [9.17, 15) is 14.4 Å². The Labute approximate surface area is 162 Å². The molecule has 0 spiro atoms. The number of nitrogens with one attached hydrogen (secondary N) is 1. The van der Waals surface area contributed by atoms with Gasteiger partial charge in [0.1, 0.15) is 6.04 Å². The molecule has 3 rings (SSSR count). The topological polar surface area (TPSA) is 86.7 Å². The van der Waals surface area contributed by atoms with Crippen LogP contribution in [-0.2, 0) is 16.1 Å². The molecule has 1 saturated heterocycles. The number of benzene rings is 1. The molecular weight excluding hydrogens is 368 g/mol. The minimum Gasteiger partial charge on any atom is -0.396 e. The number of nitrogens with zero attached hydrogens (tertiary/aromatic N) is 1. The van der Waals surface area contributed by atoms with Crippen LogP contribution in [0.1, 0.15) is 60.0 Å². The van der Waals surface area contributed by atoms with E-state index in [0.717, 1.165) is 24.8 Å². The van der Waals surface area contributed by atoms with E-state index in [1.165, 1.54) is 4.90 Å². The van der Waals surface area contributed by atoms with E-state index >= 15 is 0 Å². The maximum atomic E-state index is 12.8. The first-order valence-corrected chi connectivity index (χ1v) is 9.46. The number of halogens is 1. The van der Waals surface area contributed by atoms with Gasteiger partial charge in [-0.25, -0.2) is 0 Å². The second-order valence-electron chi connectivity index (χ2n) is 6.72. The van der Waals surface area contributed by atoms with E-state index < -0.39 is 11.9 Å². The number of aliphatic hydroxyl groups excluding tert-OH is 1. The standard InChI is InChI=1S/C20H21ClN2O4/c21-14-10-13(6-4-2-1-3-5-9-24)16-12-23(20(27)15(16)11-14)17-7-8-18(25)22-19(17)26/h10-11,17,24H,1-3,5,7-9,12H2,(H,22,25,26). The first-order valence-electron chi connectivity index (χ1n) is 9.08. The molecule has 7 heteroatoms. The summed E-state index contributed by atoms with van der Waals surface area (Å²) >= 11 is 6.17. The predicted octanol–water partition coefficient (Wildman–Crippen LogP) is 2.01. The minimum absolute atomic E-state index is 0.188. The lowest BCUT2D eigenvalue weighted by Gasteiger charge is -2.29. The summed E-state index contributed by atoms with van der Waals surface area (Å²) in [5.41, 5.74) is 1.94. The van der Waals surface area contributed by atoms with Crippen LogP contribution in [0.3, 0.4) is 0 Å². The highest BCUT2D eigenvalue weighted by molar-refractivity contribution is 6.31. The first kappa shape index (κ1) is 19.4. The Morgan fingerprint density at radius 1 is 1.22 bits per heavy atom.